The molecule has 0 saturated heterocycles. The molecule has 0 radical (unpaired) electrons. The number of carbonyl (C=O) groups is 1. The number of hydrogen-bond acceptors (Lipinski definition) is 4. The Kier molecular flexibility index (Phi) is 6.40. The number of amides is 1. The van der Waals surface area contributed by atoms with E-state index in [0.717, 1.165) is 34.8 Å². The van der Waals surface area contributed by atoms with Crippen molar-refractivity contribution in [2.24, 2.45) is 5.73 Å². The van der Waals surface area contributed by atoms with E-state index >= 15 is 0 Å². The van der Waals surface area contributed by atoms with Gasteiger partial charge in [0, 0.05) is 11.1 Å². The van der Waals surface area contributed by atoms with E-state index in [-0.39, 0.29) is 0 Å². The third-order valence-corrected chi connectivity index (χ3v) is 3.88. The Bertz CT molecular complexity index is 843. The smallest absolute Gasteiger partial charge is 0.249 e. The minimum atomic E-state index is -0.482. The fourth-order valence-electron chi connectivity index (χ4n) is 2.28. The number of fused-ring (bicyclic) bond motifs is 1. The zero-order valence-corrected chi connectivity index (χ0v) is 14.1. The van der Waals surface area contributed by atoms with Gasteiger partial charge in [0.2, 0.25) is 5.91 Å². The molecule has 0 unspecified atom stereocenters. The van der Waals surface area contributed by atoms with Crippen molar-refractivity contribution in [3.05, 3.63) is 78.9 Å². The fraction of sp³-hybridized carbons (Fsp3) is 0.105. The molecule has 0 bridgehead atoms. The number of rotatable bonds is 8. The first kappa shape index (κ1) is 17.6. The van der Waals surface area contributed by atoms with E-state index in [4.69, 9.17) is 5.73 Å². The van der Waals surface area contributed by atoms with Crippen LogP contribution in [0.4, 0.5) is 0 Å². The van der Waals surface area contributed by atoms with E-state index < -0.39 is 5.91 Å². The SMILES string of the molecule is C=CC/C=C/C=C/C=C(/CC=C)c1c(C(N)=O)ccc2nsnc12. The van der Waals surface area contributed by atoms with Crippen molar-refractivity contribution >= 4 is 34.2 Å². The second kappa shape index (κ2) is 8.74. The van der Waals surface area contributed by atoms with E-state index in [1.165, 1.54) is 0 Å². The summed E-state index contributed by atoms with van der Waals surface area (Å²) in [5, 5.41) is 0. The molecular formula is C19H19N3OS. The van der Waals surface area contributed by atoms with Gasteiger partial charge in [-0.25, -0.2) is 0 Å². The summed E-state index contributed by atoms with van der Waals surface area (Å²) in [6.07, 6.45) is 14.8. The number of primary amides is 1. The zero-order valence-electron chi connectivity index (χ0n) is 13.3. The molecule has 24 heavy (non-hydrogen) atoms. The third kappa shape index (κ3) is 4.14. The molecule has 2 N–H and O–H groups in total. The van der Waals surface area contributed by atoms with Crippen LogP contribution in [0, 0.1) is 0 Å². The Morgan fingerprint density at radius 3 is 2.71 bits per heavy atom. The first-order valence-corrected chi connectivity index (χ1v) is 8.21. The largest absolute Gasteiger partial charge is 0.366 e. The highest BCUT2D eigenvalue weighted by Crippen LogP contribution is 2.30. The van der Waals surface area contributed by atoms with Crippen LogP contribution in [-0.2, 0) is 0 Å². The molecule has 0 fully saturated rings. The maximum Gasteiger partial charge on any atom is 0.249 e. The molecule has 1 heterocycles. The maximum absolute atomic E-state index is 11.8. The second-order valence-corrected chi connectivity index (χ2v) is 5.53. The molecule has 4 nitrogen and oxygen atoms in total. The van der Waals surface area contributed by atoms with Gasteiger partial charge in [0.1, 0.15) is 11.0 Å². The summed E-state index contributed by atoms with van der Waals surface area (Å²) in [5.74, 6) is -0.482. The van der Waals surface area contributed by atoms with Crippen LogP contribution in [0.5, 0.6) is 0 Å². The van der Waals surface area contributed by atoms with Crippen LogP contribution in [0.2, 0.25) is 0 Å². The van der Waals surface area contributed by atoms with E-state index in [1.807, 2.05) is 36.5 Å². The van der Waals surface area contributed by atoms with Gasteiger partial charge in [-0.2, -0.15) is 8.75 Å². The monoisotopic (exact) mass is 337 g/mol. The number of benzene rings is 1. The highest BCUT2D eigenvalue weighted by atomic mass is 32.1. The molecule has 122 valence electrons. The summed E-state index contributed by atoms with van der Waals surface area (Å²) < 4.78 is 8.57. The van der Waals surface area contributed by atoms with Crippen molar-refractivity contribution < 1.29 is 4.79 Å². The molecule has 2 aromatic rings. The molecule has 2 rings (SSSR count). The number of nitrogens with zero attached hydrogens (tertiary/aromatic N) is 2. The second-order valence-electron chi connectivity index (χ2n) is 5.01. The average molecular weight is 337 g/mol. The maximum atomic E-state index is 11.8. The van der Waals surface area contributed by atoms with E-state index in [0.29, 0.717) is 17.5 Å². The Labute approximate surface area is 145 Å². The van der Waals surface area contributed by atoms with Crippen LogP contribution in [-0.4, -0.2) is 14.7 Å². The van der Waals surface area contributed by atoms with Gasteiger partial charge in [-0.05, 0) is 30.5 Å². The van der Waals surface area contributed by atoms with Crippen molar-refractivity contribution in [3.63, 3.8) is 0 Å². The molecule has 1 amide bonds. The van der Waals surface area contributed by atoms with Crippen LogP contribution in [0.3, 0.4) is 0 Å². The lowest BCUT2D eigenvalue weighted by atomic mass is 9.95. The van der Waals surface area contributed by atoms with Crippen molar-refractivity contribution in [2.75, 3.05) is 0 Å². The van der Waals surface area contributed by atoms with Gasteiger partial charge in [0.25, 0.3) is 0 Å². The Balaban J connectivity index is 2.50. The summed E-state index contributed by atoms with van der Waals surface area (Å²) in [7, 11) is 0. The van der Waals surface area contributed by atoms with Crippen molar-refractivity contribution in [1.29, 1.82) is 0 Å². The lowest BCUT2D eigenvalue weighted by Gasteiger charge is -2.10. The van der Waals surface area contributed by atoms with Gasteiger partial charge in [0.15, 0.2) is 0 Å². The Morgan fingerprint density at radius 1 is 1.17 bits per heavy atom. The van der Waals surface area contributed by atoms with Crippen molar-refractivity contribution in [2.45, 2.75) is 12.8 Å². The molecule has 1 aromatic heterocycles. The molecule has 0 aliphatic rings. The van der Waals surface area contributed by atoms with Gasteiger partial charge < -0.3 is 5.73 Å². The van der Waals surface area contributed by atoms with Crippen LogP contribution in [0.1, 0.15) is 28.8 Å². The number of aromatic nitrogens is 2. The molecular weight excluding hydrogens is 318 g/mol. The van der Waals surface area contributed by atoms with Crippen LogP contribution >= 0.6 is 11.7 Å². The molecule has 0 atom stereocenters. The Morgan fingerprint density at radius 2 is 2.00 bits per heavy atom. The number of allylic oxidation sites excluding steroid dienone is 8. The summed E-state index contributed by atoms with van der Waals surface area (Å²) in [5.41, 5.74) is 9.09. The number of carbonyl (C=O) groups excluding carboxylic acids is 1. The molecule has 5 heteroatoms. The quantitative estimate of drug-likeness (QED) is 0.572. The standard InChI is InChI=1S/C19H19N3OS/c1-3-5-6-7-8-9-11-14(10-4-2)17-15(19(20)23)12-13-16-18(17)22-24-21-16/h3-4,6-9,11-13H,1-2,5,10H2,(H2,20,23)/b7-6+,9-8+,14-11-. The molecule has 0 saturated carbocycles. The van der Waals surface area contributed by atoms with Gasteiger partial charge in [-0.3, -0.25) is 4.79 Å². The highest BCUT2D eigenvalue weighted by molar-refractivity contribution is 7.00. The van der Waals surface area contributed by atoms with Crippen LogP contribution in [0.25, 0.3) is 16.6 Å². The predicted molar refractivity (Wildman–Crippen MR) is 102 cm³/mol. The van der Waals surface area contributed by atoms with Gasteiger partial charge >= 0.3 is 0 Å². The first-order chi connectivity index (χ1) is 11.7. The zero-order chi connectivity index (χ0) is 17.4. The minimum absolute atomic E-state index is 0.443. The molecule has 1 aromatic carbocycles. The van der Waals surface area contributed by atoms with Crippen LogP contribution in [0.15, 0.2) is 67.8 Å². The van der Waals surface area contributed by atoms with Crippen LogP contribution < -0.4 is 5.73 Å². The lowest BCUT2D eigenvalue weighted by Crippen LogP contribution is -2.13. The first-order valence-electron chi connectivity index (χ1n) is 7.48. The van der Waals surface area contributed by atoms with E-state index in [9.17, 15) is 4.79 Å². The molecule has 0 aliphatic heterocycles. The summed E-state index contributed by atoms with van der Waals surface area (Å²) >= 11 is 1.12. The van der Waals surface area contributed by atoms with E-state index in [1.54, 1.807) is 18.2 Å². The highest BCUT2D eigenvalue weighted by Gasteiger charge is 2.17. The average Bonchev–Trinajstić information content (AvgIpc) is 3.04. The fourth-order valence-corrected chi connectivity index (χ4v) is 2.82. The van der Waals surface area contributed by atoms with Crippen molar-refractivity contribution in [3.8, 4) is 0 Å². The van der Waals surface area contributed by atoms with Gasteiger partial charge in [-0.15, -0.1) is 13.2 Å². The Hall–Kier alpha value is -2.79. The normalized spacial score (nSPS) is 12.2. The minimum Gasteiger partial charge on any atom is -0.366 e. The number of hydrogen-bond donors (Lipinski definition) is 1. The molecule has 0 aliphatic carbocycles. The predicted octanol–water partition coefficient (Wildman–Crippen LogP) is 4.44. The van der Waals surface area contributed by atoms with Gasteiger partial charge in [0.05, 0.1) is 11.7 Å². The molecule has 0 spiro atoms. The summed E-state index contributed by atoms with van der Waals surface area (Å²) in [6.45, 7) is 7.46. The summed E-state index contributed by atoms with van der Waals surface area (Å²) in [4.78, 5) is 11.8. The van der Waals surface area contributed by atoms with E-state index in [2.05, 4.69) is 21.9 Å². The topological polar surface area (TPSA) is 68.9 Å². The van der Waals surface area contributed by atoms with Gasteiger partial charge in [-0.1, -0.05) is 42.5 Å². The van der Waals surface area contributed by atoms with Crippen molar-refractivity contribution in [1.82, 2.24) is 8.75 Å². The number of nitrogens with two attached hydrogens (primary N) is 1. The summed E-state index contributed by atoms with van der Waals surface area (Å²) in [6, 6.07) is 3.47. The third-order valence-electron chi connectivity index (χ3n) is 3.34. The lowest BCUT2D eigenvalue weighted by molar-refractivity contribution is 0.1000.